The first-order valence-electron chi connectivity index (χ1n) is 4.31. The Kier molecular flexibility index (Phi) is 4.38. The highest BCUT2D eigenvalue weighted by Crippen LogP contribution is 2.22. The average molecular weight is 261 g/mol. The van der Waals surface area contributed by atoms with Gasteiger partial charge in [-0.15, -0.1) is 0 Å². The Morgan fingerprint density at radius 2 is 2.21 bits per heavy atom. The highest BCUT2D eigenvalue weighted by Gasteiger charge is 2.04. The summed E-state index contributed by atoms with van der Waals surface area (Å²) in [7, 11) is 0. The van der Waals surface area contributed by atoms with Gasteiger partial charge in [0.2, 0.25) is 0 Å². The lowest BCUT2D eigenvalue weighted by molar-refractivity contribution is 0.0534. The Morgan fingerprint density at radius 3 is 2.79 bits per heavy atom. The fourth-order valence-electron chi connectivity index (χ4n) is 1.01. The van der Waals surface area contributed by atoms with E-state index >= 15 is 0 Å². The molecule has 0 bridgehead atoms. The van der Waals surface area contributed by atoms with Crippen LogP contribution in [0, 0.1) is 6.92 Å². The molecule has 0 aromatic heterocycles. The monoisotopic (exact) mass is 260 g/mol. The molecule has 0 radical (unpaired) electrons. The molecule has 1 aromatic rings. The Balaban J connectivity index is 2.59. The van der Waals surface area contributed by atoms with Gasteiger partial charge >= 0.3 is 0 Å². The third-order valence-corrected chi connectivity index (χ3v) is 2.27. The lowest BCUT2D eigenvalue weighted by atomic mass is 10.2. The fourth-order valence-corrected chi connectivity index (χ4v) is 1.49. The standard InChI is InChI=1S/C10H13BrO3/c1-7-4-8(11)2-3-10(7)14-6-9(13)5-12/h2-4,9,12-13H,5-6H2,1H3. The quantitative estimate of drug-likeness (QED) is 0.863. The van der Waals surface area contributed by atoms with Gasteiger partial charge in [-0.25, -0.2) is 0 Å². The van der Waals surface area contributed by atoms with Crippen molar-refractivity contribution < 1.29 is 14.9 Å². The second-order valence-electron chi connectivity index (χ2n) is 3.06. The number of halogens is 1. The molecule has 14 heavy (non-hydrogen) atoms. The van der Waals surface area contributed by atoms with Crippen LogP contribution in [0.2, 0.25) is 0 Å². The van der Waals surface area contributed by atoms with Crippen molar-refractivity contribution in [3.05, 3.63) is 28.2 Å². The minimum atomic E-state index is -0.821. The first-order chi connectivity index (χ1) is 6.63. The summed E-state index contributed by atoms with van der Waals surface area (Å²) in [6.45, 7) is 1.75. The number of hydrogen-bond acceptors (Lipinski definition) is 3. The van der Waals surface area contributed by atoms with Crippen LogP contribution in [0.25, 0.3) is 0 Å². The lowest BCUT2D eigenvalue weighted by Gasteiger charge is -2.11. The maximum atomic E-state index is 9.08. The molecule has 0 spiro atoms. The fraction of sp³-hybridized carbons (Fsp3) is 0.400. The molecule has 0 aliphatic carbocycles. The zero-order valence-electron chi connectivity index (χ0n) is 7.90. The van der Waals surface area contributed by atoms with Gasteiger partial charge in [0.25, 0.3) is 0 Å². The SMILES string of the molecule is Cc1cc(Br)ccc1OCC(O)CO. The molecule has 0 saturated heterocycles. The van der Waals surface area contributed by atoms with Crippen molar-refractivity contribution in [3.63, 3.8) is 0 Å². The van der Waals surface area contributed by atoms with Crippen molar-refractivity contribution in [1.29, 1.82) is 0 Å². The van der Waals surface area contributed by atoms with Crippen LogP contribution in [0.15, 0.2) is 22.7 Å². The van der Waals surface area contributed by atoms with E-state index in [2.05, 4.69) is 15.9 Å². The highest BCUT2D eigenvalue weighted by atomic mass is 79.9. The van der Waals surface area contributed by atoms with Crippen molar-refractivity contribution in [2.45, 2.75) is 13.0 Å². The van der Waals surface area contributed by atoms with Gasteiger partial charge in [-0.05, 0) is 30.7 Å². The normalized spacial score (nSPS) is 12.6. The molecular formula is C10H13BrO3. The van der Waals surface area contributed by atoms with Gasteiger partial charge < -0.3 is 14.9 Å². The number of hydrogen-bond donors (Lipinski definition) is 2. The van der Waals surface area contributed by atoms with Gasteiger partial charge in [0.15, 0.2) is 0 Å². The van der Waals surface area contributed by atoms with Crippen LogP contribution in [0.3, 0.4) is 0 Å². The number of rotatable bonds is 4. The average Bonchev–Trinajstić information content (AvgIpc) is 2.16. The Hall–Kier alpha value is -0.580. The first kappa shape index (κ1) is 11.5. The molecule has 4 heteroatoms. The minimum Gasteiger partial charge on any atom is -0.491 e. The predicted molar refractivity (Wildman–Crippen MR) is 57.5 cm³/mol. The summed E-state index contributed by atoms with van der Waals surface area (Å²) >= 11 is 3.35. The Morgan fingerprint density at radius 1 is 1.50 bits per heavy atom. The second kappa shape index (κ2) is 5.34. The zero-order valence-corrected chi connectivity index (χ0v) is 9.49. The van der Waals surface area contributed by atoms with E-state index in [9.17, 15) is 0 Å². The largest absolute Gasteiger partial charge is 0.491 e. The van der Waals surface area contributed by atoms with Crippen molar-refractivity contribution in [2.75, 3.05) is 13.2 Å². The maximum absolute atomic E-state index is 9.08. The summed E-state index contributed by atoms with van der Waals surface area (Å²) in [6, 6.07) is 5.62. The minimum absolute atomic E-state index is 0.110. The predicted octanol–water partition coefficient (Wildman–Crippen LogP) is 1.49. The van der Waals surface area contributed by atoms with Crippen LogP contribution in [0.5, 0.6) is 5.75 Å². The van der Waals surface area contributed by atoms with E-state index in [1.807, 2.05) is 25.1 Å². The molecule has 1 rings (SSSR count). The zero-order chi connectivity index (χ0) is 10.6. The van der Waals surface area contributed by atoms with E-state index in [1.165, 1.54) is 0 Å². The van der Waals surface area contributed by atoms with E-state index in [4.69, 9.17) is 14.9 Å². The summed E-state index contributed by atoms with van der Waals surface area (Å²) in [6.07, 6.45) is -0.821. The number of aryl methyl sites for hydroxylation is 1. The summed E-state index contributed by atoms with van der Waals surface area (Å²) in [4.78, 5) is 0. The molecule has 0 amide bonds. The summed E-state index contributed by atoms with van der Waals surface area (Å²) in [5.74, 6) is 0.723. The second-order valence-corrected chi connectivity index (χ2v) is 3.97. The van der Waals surface area contributed by atoms with E-state index in [1.54, 1.807) is 0 Å². The molecule has 1 atom stereocenters. The number of ether oxygens (including phenoxy) is 1. The topological polar surface area (TPSA) is 49.7 Å². The lowest BCUT2D eigenvalue weighted by Crippen LogP contribution is -2.21. The first-order valence-corrected chi connectivity index (χ1v) is 5.10. The maximum Gasteiger partial charge on any atom is 0.122 e. The van der Waals surface area contributed by atoms with Crippen LogP contribution in [0.4, 0.5) is 0 Å². The van der Waals surface area contributed by atoms with Crippen LogP contribution in [-0.2, 0) is 0 Å². The molecule has 78 valence electrons. The van der Waals surface area contributed by atoms with Gasteiger partial charge in [-0.1, -0.05) is 15.9 Å². The van der Waals surface area contributed by atoms with Gasteiger partial charge in [0.05, 0.1) is 6.61 Å². The van der Waals surface area contributed by atoms with Gasteiger partial charge in [-0.2, -0.15) is 0 Å². The third kappa shape index (κ3) is 3.29. The Labute approximate surface area is 91.5 Å². The van der Waals surface area contributed by atoms with Crippen LogP contribution < -0.4 is 4.74 Å². The van der Waals surface area contributed by atoms with E-state index in [0.717, 1.165) is 15.8 Å². The summed E-state index contributed by atoms with van der Waals surface area (Å²) in [5, 5.41) is 17.7. The summed E-state index contributed by atoms with van der Waals surface area (Å²) in [5.41, 5.74) is 0.990. The van der Waals surface area contributed by atoms with Crippen molar-refractivity contribution >= 4 is 15.9 Å². The van der Waals surface area contributed by atoms with Crippen LogP contribution >= 0.6 is 15.9 Å². The van der Waals surface area contributed by atoms with Crippen LogP contribution in [-0.4, -0.2) is 29.5 Å². The molecule has 0 aliphatic heterocycles. The number of benzene rings is 1. The molecule has 3 nitrogen and oxygen atoms in total. The molecule has 0 saturated carbocycles. The van der Waals surface area contributed by atoms with E-state index < -0.39 is 6.10 Å². The van der Waals surface area contributed by atoms with Crippen molar-refractivity contribution in [3.8, 4) is 5.75 Å². The smallest absolute Gasteiger partial charge is 0.122 e. The Bertz CT molecular complexity index is 301. The van der Waals surface area contributed by atoms with E-state index in [0.29, 0.717) is 0 Å². The van der Waals surface area contributed by atoms with Gasteiger partial charge in [0.1, 0.15) is 18.5 Å². The van der Waals surface area contributed by atoms with Gasteiger partial charge in [0, 0.05) is 4.47 Å². The highest BCUT2D eigenvalue weighted by molar-refractivity contribution is 9.10. The number of aliphatic hydroxyl groups is 2. The molecular weight excluding hydrogens is 248 g/mol. The molecule has 0 aliphatic rings. The molecule has 0 heterocycles. The summed E-state index contributed by atoms with van der Waals surface area (Å²) < 4.78 is 6.30. The van der Waals surface area contributed by atoms with Crippen LogP contribution in [0.1, 0.15) is 5.56 Å². The molecule has 0 fully saturated rings. The molecule has 1 aromatic carbocycles. The van der Waals surface area contributed by atoms with Crippen molar-refractivity contribution in [1.82, 2.24) is 0 Å². The van der Waals surface area contributed by atoms with Crippen molar-refractivity contribution in [2.24, 2.45) is 0 Å². The molecule has 2 N–H and O–H groups in total. The third-order valence-electron chi connectivity index (χ3n) is 1.78. The van der Waals surface area contributed by atoms with Gasteiger partial charge in [-0.3, -0.25) is 0 Å². The number of aliphatic hydroxyl groups excluding tert-OH is 2. The van der Waals surface area contributed by atoms with E-state index in [-0.39, 0.29) is 13.2 Å². The molecule has 1 unspecified atom stereocenters.